The van der Waals surface area contributed by atoms with Crippen LogP contribution in [0.1, 0.15) is 51.0 Å². The molecule has 0 aromatic carbocycles. The lowest BCUT2D eigenvalue weighted by molar-refractivity contribution is 0.313. The van der Waals surface area contributed by atoms with Gasteiger partial charge in [-0.25, -0.2) is 0 Å². The molecule has 15 heavy (non-hydrogen) atoms. The van der Waals surface area contributed by atoms with E-state index in [0.29, 0.717) is 12.0 Å². The molecule has 0 aliphatic rings. The molecule has 2 nitrogen and oxygen atoms in total. The van der Waals surface area contributed by atoms with Gasteiger partial charge in [0.05, 0.1) is 12.3 Å². The maximum Gasteiger partial charge on any atom is 0.123 e. The van der Waals surface area contributed by atoms with Gasteiger partial charge >= 0.3 is 0 Å². The number of hydrogen-bond donors (Lipinski definition) is 1. The molecule has 1 aromatic rings. The highest BCUT2D eigenvalue weighted by Gasteiger charge is 2.21. The lowest BCUT2D eigenvalue weighted by Crippen LogP contribution is -2.27. The second-order valence-corrected chi connectivity index (χ2v) is 4.27. The Bertz CT molecular complexity index is 280. The molecule has 2 unspecified atom stereocenters. The largest absolute Gasteiger partial charge is 0.467 e. The highest BCUT2D eigenvalue weighted by atomic mass is 16.3. The van der Waals surface area contributed by atoms with Crippen molar-refractivity contribution in [1.82, 2.24) is 5.32 Å². The van der Waals surface area contributed by atoms with E-state index >= 15 is 0 Å². The van der Waals surface area contributed by atoms with Crippen LogP contribution in [-0.4, -0.2) is 6.54 Å². The molecule has 2 heteroatoms. The molecule has 1 rings (SSSR count). The summed E-state index contributed by atoms with van der Waals surface area (Å²) < 4.78 is 5.58. The Kier molecular flexibility index (Phi) is 4.89. The topological polar surface area (TPSA) is 25.2 Å². The summed E-state index contributed by atoms with van der Waals surface area (Å²) in [6, 6.07) is 2.41. The Balaban J connectivity index is 2.77. The molecule has 2 atom stereocenters. The van der Waals surface area contributed by atoms with Crippen molar-refractivity contribution in [3.8, 4) is 0 Å². The first-order valence-electron chi connectivity index (χ1n) is 5.98. The Morgan fingerprint density at radius 2 is 2.13 bits per heavy atom. The molecule has 1 N–H and O–H groups in total. The fourth-order valence-electron chi connectivity index (χ4n) is 2.10. The van der Waals surface area contributed by atoms with Crippen LogP contribution in [0.5, 0.6) is 0 Å². The molecular formula is C13H23NO. The van der Waals surface area contributed by atoms with Gasteiger partial charge in [0.25, 0.3) is 0 Å². The molecule has 0 radical (unpaired) electrons. The monoisotopic (exact) mass is 209 g/mol. The second-order valence-electron chi connectivity index (χ2n) is 4.27. The van der Waals surface area contributed by atoms with Crippen molar-refractivity contribution < 1.29 is 4.42 Å². The van der Waals surface area contributed by atoms with Crippen molar-refractivity contribution in [1.29, 1.82) is 0 Å². The summed E-state index contributed by atoms with van der Waals surface area (Å²) >= 11 is 0. The van der Waals surface area contributed by atoms with Gasteiger partial charge in [0.1, 0.15) is 5.76 Å². The predicted octanol–water partition coefficient (Wildman–Crippen LogP) is 3.67. The van der Waals surface area contributed by atoms with Crippen molar-refractivity contribution in [3.05, 3.63) is 23.7 Å². The molecule has 0 fully saturated rings. The highest BCUT2D eigenvalue weighted by Crippen LogP contribution is 2.28. The Morgan fingerprint density at radius 1 is 1.40 bits per heavy atom. The van der Waals surface area contributed by atoms with E-state index < -0.39 is 0 Å². The zero-order chi connectivity index (χ0) is 11.3. The molecule has 0 spiro atoms. The summed E-state index contributed by atoms with van der Waals surface area (Å²) in [7, 11) is 0. The van der Waals surface area contributed by atoms with Crippen LogP contribution in [0.25, 0.3) is 0 Å². The van der Waals surface area contributed by atoms with Crippen LogP contribution in [0.15, 0.2) is 16.7 Å². The summed E-state index contributed by atoms with van der Waals surface area (Å²) in [6.07, 6.45) is 4.24. The van der Waals surface area contributed by atoms with Crippen molar-refractivity contribution >= 4 is 0 Å². The minimum Gasteiger partial charge on any atom is -0.467 e. The van der Waals surface area contributed by atoms with E-state index in [9.17, 15) is 0 Å². The molecule has 0 aliphatic carbocycles. The predicted molar refractivity (Wildman–Crippen MR) is 63.9 cm³/mol. The van der Waals surface area contributed by atoms with E-state index in [1.807, 2.05) is 6.07 Å². The quantitative estimate of drug-likeness (QED) is 0.773. The standard InChI is InChI=1S/C13H23NO/c1-5-7-10(3)12(14-6-2)13-11(4)8-9-15-13/h8-10,12,14H,5-7H2,1-4H3. The van der Waals surface area contributed by atoms with E-state index in [2.05, 4.69) is 33.0 Å². The molecular weight excluding hydrogens is 186 g/mol. The third-order valence-electron chi connectivity index (χ3n) is 2.92. The summed E-state index contributed by atoms with van der Waals surface area (Å²) in [6.45, 7) is 9.76. The number of furan rings is 1. The molecule has 0 bridgehead atoms. The van der Waals surface area contributed by atoms with Crippen molar-refractivity contribution in [2.75, 3.05) is 6.54 Å². The van der Waals surface area contributed by atoms with Crippen molar-refractivity contribution in [2.24, 2.45) is 5.92 Å². The summed E-state index contributed by atoms with van der Waals surface area (Å²) in [5, 5.41) is 3.52. The van der Waals surface area contributed by atoms with Crippen LogP contribution in [0.4, 0.5) is 0 Å². The van der Waals surface area contributed by atoms with Gasteiger partial charge in [-0.05, 0) is 37.4 Å². The molecule has 1 heterocycles. The zero-order valence-corrected chi connectivity index (χ0v) is 10.3. The fourth-order valence-corrected chi connectivity index (χ4v) is 2.10. The van der Waals surface area contributed by atoms with E-state index in [4.69, 9.17) is 4.42 Å². The average Bonchev–Trinajstić information content (AvgIpc) is 2.61. The van der Waals surface area contributed by atoms with E-state index in [1.54, 1.807) is 6.26 Å². The van der Waals surface area contributed by atoms with Gasteiger partial charge < -0.3 is 9.73 Å². The van der Waals surface area contributed by atoms with Crippen LogP contribution in [-0.2, 0) is 0 Å². The molecule has 0 amide bonds. The van der Waals surface area contributed by atoms with Crippen molar-refractivity contribution in [2.45, 2.75) is 46.6 Å². The van der Waals surface area contributed by atoms with Gasteiger partial charge in [-0.1, -0.05) is 27.2 Å². The molecule has 0 saturated carbocycles. The first-order valence-corrected chi connectivity index (χ1v) is 5.98. The number of hydrogen-bond acceptors (Lipinski definition) is 2. The SMILES string of the molecule is CCCC(C)C(NCC)c1occc1C. The smallest absolute Gasteiger partial charge is 0.123 e. The fraction of sp³-hybridized carbons (Fsp3) is 0.692. The van der Waals surface area contributed by atoms with Gasteiger partial charge in [-0.3, -0.25) is 0 Å². The molecule has 0 saturated heterocycles. The molecule has 0 aliphatic heterocycles. The third kappa shape index (κ3) is 3.10. The van der Waals surface area contributed by atoms with Crippen LogP contribution in [0, 0.1) is 12.8 Å². The van der Waals surface area contributed by atoms with Gasteiger partial charge in [-0.2, -0.15) is 0 Å². The first-order chi connectivity index (χ1) is 7.20. The summed E-state index contributed by atoms with van der Waals surface area (Å²) in [4.78, 5) is 0. The normalized spacial score (nSPS) is 15.2. The number of aryl methyl sites for hydroxylation is 1. The van der Waals surface area contributed by atoms with E-state index in [1.165, 1.54) is 18.4 Å². The second kappa shape index (κ2) is 5.96. The maximum atomic E-state index is 5.58. The van der Waals surface area contributed by atoms with Gasteiger partial charge in [0.2, 0.25) is 0 Å². The van der Waals surface area contributed by atoms with E-state index in [-0.39, 0.29) is 0 Å². The van der Waals surface area contributed by atoms with Gasteiger partial charge in [-0.15, -0.1) is 0 Å². The maximum absolute atomic E-state index is 5.58. The minimum atomic E-state index is 0.366. The Labute approximate surface area is 93.1 Å². The summed E-state index contributed by atoms with van der Waals surface area (Å²) in [5.74, 6) is 1.73. The summed E-state index contributed by atoms with van der Waals surface area (Å²) in [5.41, 5.74) is 1.25. The zero-order valence-electron chi connectivity index (χ0n) is 10.3. The van der Waals surface area contributed by atoms with Crippen LogP contribution in [0.2, 0.25) is 0 Å². The average molecular weight is 209 g/mol. The lowest BCUT2D eigenvalue weighted by atomic mass is 9.93. The lowest BCUT2D eigenvalue weighted by Gasteiger charge is -2.23. The third-order valence-corrected chi connectivity index (χ3v) is 2.92. The number of nitrogens with one attached hydrogen (secondary N) is 1. The van der Waals surface area contributed by atoms with Crippen LogP contribution >= 0.6 is 0 Å². The molecule has 86 valence electrons. The Hall–Kier alpha value is -0.760. The first kappa shape index (κ1) is 12.3. The molecule has 1 aromatic heterocycles. The minimum absolute atomic E-state index is 0.366. The van der Waals surface area contributed by atoms with Crippen LogP contribution in [0.3, 0.4) is 0 Å². The van der Waals surface area contributed by atoms with Gasteiger partial charge in [0, 0.05) is 0 Å². The highest BCUT2D eigenvalue weighted by molar-refractivity contribution is 5.18. The van der Waals surface area contributed by atoms with E-state index in [0.717, 1.165) is 12.3 Å². The Morgan fingerprint density at radius 3 is 2.60 bits per heavy atom. The van der Waals surface area contributed by atoms with Crippen LogP contribution < -0.4 is 5.32 Å². The number of rotatable bonds is 6. The van der Waals surface area contributed by atoms with Crippen molar-refractivity contribution in [3.63, 3.8) is 0 Å². The van der Waals surface area contributed by atoms with Gasteiger partial charge in [0.15, 0.2) is 0 Å².